The van der Waals surface area contributed by atoms with Gasteiger partial charge in [0.2, 0.25) is 0 Å². The molecule has 0 aliphatic carbocycles. The van der Waals surface area contributed by atoms with Crippen molar-refractivity contribution in [1.29, 1.82) is 0 Å². The van der Waals surface area contributed by atoms with Crippen LogP contribution in [0.1, 0.15) is 158 Å². The molecule has 0 fully saturated rings. The van der Waals surface area contributed by atoms with Gasteiger partial charge in [0.25, 0.3) is 0 Å². The lowest BCUT2D eigenvalue weighted by atomic mass is 9.77. The SMILES string of the molecule is CC(C)(C)c1ccc(-c2ccccc2OP(Oc2ccccc2-c2ccc(C(C)(C)C)cc2C(C)(C)C)Oc2ccccc2-c2ccc(C(C)(C)C)cc2C(C)(C)C)c(C(C)(C)C)c1. The topological polar surface area (TPSA) is 27.7 Å². The maximum atomic E-state index is 7.20. The van der Waals surface area contributed by atoms with Crippen molar-refractivity contribution >= 4 is 8.60 Å². The van der Waals surface area contributed by atoms with E-state index in [1.54, 1.807) is 0 Å². The van der Waals surface area contributed by atoms with Gasteiger partial charge in [-0.3, -0.25) is 0 Å². The number of benzene rings is 6. The first-order valence-electron chi connectivity index (χ1n) is 23.1. The molecule has 0 saturated heterocycles. The molecule has 64 heavy (non-hydrogen) atoms. The maximum Gasteiger partial charge on any atom is 0.530 e. The fourth-order valence-electron chi connectivity index (χ4n) is 8.20. The highest BCUT2D eigenvalue weighted by molar-refractivity contribution is 7.43. The summed E-state index contributed by atoms with van der Waals surface area (Å²) in [7, 11) is -2.10. The van der Waals surface area contributed by atoms with Crippen LogP contribution in [-0.4, -0.2) is 0 Å². The summed E-state index contributed by atoms with van der Waals surface area (Å²) < 4.78 is 21.6. The Hall–Kier alpha value is -4.85. The highest BCUT2D eigenvalue weighted by Crippen LogP contribution is 2.52. The van der Waals surface area contributed by atoms with Crippen molar-refractivity contribution in [3.63, 3.8) is 0 Å². The molecular weight excluding hydrogens is 800 g/mol. The Balaban J connectivity index is 1.54. The lowest BCUT2D eigenvalue weighted by Gasteiger charge is -2.29. The summed E-state index contributed by atoms with van der Waals surface area (Å²) in [6.45, 7) is 41.0. The van der Waals surface area contributed by atoms with Gasteiger partial charge in [0.1, 0.15) is 17.2 Å². The zero-order valence-electron chi connectivity index (χ0n) is 42.3. The van der Waals surface area contributed by atoms with Gasteiger partial charge in [-0.1, -0.05) is 234 Å². The van der Waals surface area contributed by atoms with Gasteiger partial charge in [0, 0.05) is 16.7 Å². The predicted octanol–water partition coefficient (Wildman–Crippen LogP) is 18.2. The van der Waals surface area contributed by atoms with Crippen molar-refractivity contribution in [3.8, 4) is 50.6 Å². The lowest BCUT2D eigenvalue weighted by molar-refractivity contribution is 0.390. The van der Waals surface area contributed by atoms with E-state index in [4.69, 9.17) is 13.6 Å². The Morgan fingerprint density at radius 2 is 0.500 bits per heavy atom. The van der Waals surface area contributed by atoms with Crippen LogP contribution in [0.15, 0.2) is 127 Å². The molecule has 0 radical (unpaired) electrons. The molecule has 4 heteroatoms. The third-order valence-corrected chi connectivity index (χ3v) is 13.2. The highest BCUT2D eigenvalue weighted by Gasteiger charge is 2.31. The average molecular weight is 875 g/mol. The maximum absolute atomic E-state index is 7.20. The molecule has 338 valence electrons. The van der Waals surface area contributed by atoms with Gasteiger partial charge in [0.05, 0.1) is 0 Å². The number of rotatable bonds is 9. The van der Waals surface area contributed by atoms with Crippen LogP contribution >= 0.6 is 8.60 Å². The number of hydrogen-bond donors (Lipinski definition) is 0. The molecule has 0 atom stereocenters. The second-order valence-electron chi connectivity index (χ2n) is 23.8. The summed E-state index contributed by atoms with van der Waals surface area (Å²) in [6, 6.07) is 45.7. The lowest BCUT2D eigenvalue weighted by Crippen LogP contribution is -2.17. The molecule has 0 heterocycles. The molecule has 0 aromatic heterocycles. The molecule has 6 aromatic carbocycles. The van der Waals surface area contributed by atoms with Crippen LogP contribution in [0.5, 0.6) is 17.2 Å². The van der Waals surface area contributed by atoms with E-state index in [0.29, 0.717) is 17.2 Å². The minimum absolute atomic E-state index is 0.00513. The summed E-state index contributed by atoms with van der Waals surface area (Å²) in [4.78, 5) is 0. The summed E-state index contributed by atoms with van der Waals surface area (Å²) in [5.41, 5.74) is 13.7. The van der Waals surface area contributed by atoms with Crippen LogP contribution in [0.4, 0.5) is 0 Å². The van der Waals surface area contributed by atoms with Crippen LogP contribution < -0.4 is 13.6 Å². The predicted molar refractivity (Wildman–Crippen MR) is 277 cm³/mol. The van der Waals surface area contributed by atoms with Crippen LogP contribution in [0.25, 0.3) is 33.4 Å². The van der Waals surface area contributed by atoms with Gasteiger partial charge >= 0.3 is 8.60 Å². The molecule has 0 spiro atoms. The molecule has 0 bridgehead atoms. The van der Waals surface area contributed by atoms with E-state index in [1.165, 1.54) is 33.4 Å². The van der Waals surface area contributed by atoms with Gasteiger partial charge in [-0.2, -0.15) is 0 Å². The minimum atomic E-state index is -2.10. The monoisotopic (exact) mass is 875 g/mol. The number of para-hydroxylation sites is 3. The first-order valence-corrected chi connectivity index (χ1v) is 24.2. The highest BCUT2D eigenvalue weighted by atomic mass is 31.2. The summed E-state index contributed by atoms with van der Waals surface area (Å²) in [5.74, 6) is 2.10. The van der Waals surface area contributed by atoms with Crippen molar-refractivity contribution in [2.45, 2.75) is 157 Å². The van der Waals surface area contributed by atoms with Crippen molar-refractivity contribution in [3.05, 3.63) is 161 Å². The molecule has 3 nitrogen and oxygen atoms in total. The van der Waals surface area contributed by atoms with E-state index < -0.39 is 8.60 Å². The Morgan fingerprint density at radius 1 is 0.266 bits per heavy atom. The van der Waals surface area contributed by atoms with Crippen molar-refractivity contribution < 1.29 is 13.6 Å². The summed E-state index contributed by atoms with van der Waals surface area (Å²) in [5, 5.41) is 0. The van der Waals surface area contributed by atoms with Crippen LogP contribution in [-0.2, 0) is 32.5 Å². The first-order chi connectivity index (χ1) is 29.5. The molecule has 0 aliphatic heterocycles. The van der Waals surface area contributed by atoms with E-state index in [-0.39, 0.29) is 32.5 Å². The second-order valence-corrected chi connectivity index (χ2v) is 24.8. The molecule has 6 aromatic rings. The minimum Gasteiger partial charge on any atom is -0.408 e. The average Bonchev–Trinajstić information content (AvgIpc) is 3.19. The molecular formula is C60H75O3P. The summed E-state index contributed by atoms with van der Waals surface area (Å²) >= 11 is 0. The fraction of sp³-hybridized carbons (Fsp3) is 0.400. The smallest absolute Gasteiger partial charge is 0.408 e. The van der Waals surface area contributed by atoms with E-state index in [2.05, 4.69) is 216 Å². The van der Waals surface area contributed by atoms with E-state index in [0.717, 1.165) is 33.4 Å². The second kappa shape index (κ2) is 17.9. The van der Waals surface area contributed by atoms with Gasteiger partial charge in [-0.25, -0.2) is 0 Å². The molecule has 0 saturated carbocycles. The fourth-order valence-corrected chi connectivity index (χ4v) is 9.27. The Kier molecular flexibility index (Phi) is 13.6. The zero-order valence-corrected chi connectivity index (χ0v) is 43.2. The molecule has 0 unspecified atom stereocenters. The van der Waals surface area contributed by atoms with E-state index >= 15 is 0 Å². The number of hydrogen-bond acceptors (Lipinski definition) is 3. The largest absolute Gasteiger partial charge is 0.530 e. The zero-order chi connectivity index (χ0) is 47.2. The van der Waals surface area contributed by atoms with Gasteiger partial charge in [0.15, 0.2) is 0 Å². The van der Waals surface area contributed by atoms with E-state index in [1.807, 2.05) is 36.4 Å². The van der Waals surface area contributed by atoms with Crippen LogP contribution in [0.3, 0.4) is 0 Å². The van der Waals surface area contributed by atoms with Gasteiger partial charge in [-0.15, -0.1) is 0 Å². The van der Waals surface area contributed by atoms with Crippen molar-refractivity contribution in [2.24, 2.45) is 0 Å². The first kappa shape index (κ1) is 48.6. The Morgan fingerprint density at radius 3 is 0.719 bits per heavy atom. The van der Waals surface area contributed by atoms with E-state index in [9.17, 15) is 0 Å². The van der Waals surface area contributed by atoms with Crippen LogP contribution in [0, 0.1) is 0 Å². The standard InChI is InChI=1S/C60H75O3P/c1-55(2,3)40-31-34-43(49(37-40)58(10,11)12)46-25-19-22-28-52(46)61-64(62-53-29-23-20-26-47(53)44-35-32-41(56(4,5)6)38-50(44)59(13,14)15)63-54-30-24-21-27-48(54)45-36-33-42(57(7,8)9)39-51(45)60(16,17)18/h19-39H,1-18H3. The Labute approximate surface area is 389 Å². The third kappa shape index (κ3) is 11.1. The Bertz CT molecular complexity index is 2300. The molecule has 6 rings (SSSR count). The quantitative estimate of drug-likeness (QED) is 0.135. The van der Waals surface area contributed by atoms with Crippen LogP contribution in [0.2, 0.25) is 0 Å². The molecule has 0 N–H and O–H groups in total. The van der Waals surface area contributed by atoms with Crippen molar-refractivity contribution in [1.82, 2.24) is 0 Å². The molecule has 0 aliphatic rings. The van der Waals surface area contributed by atoms with Gasteiger partial charge < -0.3 is 13.6 Å². The van der Waals surface area contributed by atoms with Crippen molar-refractivity contribution in [2.75, 3.05) is 0 Å². The van der Waals surface area contributed by atoms with Gasteiger partial charge in [-0.05, 0) is 101 Å². The summed E-state index contributed by atoms with van der Waals surface area (Å²) in [6.07, 6.45) is 0. The normalized spacial score (nSPS) is 13.0. The molecule has 0 amide bonds. The third-order valence-electron chi connectivity index (χ3n) is 12.1.